The second-order valence-corrected chi connectivity index (χ2v) is 7.88. The van der Waals surface area contributed by atoms with Crippen LogP contribution in [0.5, 0.6) is 0 Å². The third kappa shape index (κ3) is 3.99. The van der Waals surface area contributed by atoms with Crippen molar-refractivity contribution >= 4 is 28.1 Å². The molecule has 0 saturated carbocycles. The number of thiophene rings is 1. The van der Waals surface area contributed by atoms with Gasteiger partial charge in [0.05, 0.1) is 0 Å². The Morgan fingerprint density at radius 3 is 2.79 bits per heavy atom. The first-order chi connectivity index (χ1) is 13.7. The van der Waals surface area contributed by atoms with Gasteiger partial charge in [-0.3, -0.25) is 9.78 Å². The van der Waals surface area contributed by atoms with Gasteiger partial charge in [0, 0.05) is 66.2 Å². The predicted octanol–water partition coefficient (Wildman–Crippen LogP) is 4.52. The van der Waals surface area contributed by atoms with Crippen LogP contribution < -0.4 is 5.32 Å². The molecular weight excluding hydrogens is 366 g/mol. The molecule has 3 heterocycles. The molecule has 1 N–H and O–H groups in total. The minimum absolute atomic E-state index is 0.0564. The number of para-hydroxylation sites is 1. The van der Waals surface area contributed by atoms with Crippen molar-refractivity contribution < 1.29 is 4.79 Å². The van der Waals surface area contributed by atoms with Gasteiger partial charge in [-0.1, -0.05) is 30.3 Å². The van der Waals surface area contributed by atoms with E-state index in [1.54, 1.807) is 17.5 Å². The number of amides is 1. The lowest BCUT2D eigenvalue weighted by molar-refractivity contribution is -0.121. The number of pyridine rings is 1. The normalized spacial score (nSPS) is 12.2. The number of benzene rings is 1. The van der Waals surface area contributed by atoms with Crippen molar-refractivity contribution in [1.29, 1.82) is 0 Å². The highest BCUT2D eigenvalue weighted by Crippen LogP contribution is 2.36. The van der Waals surface area contributed by atoms with Gasteiger partial charge in [0.15, 0.2) is 0 Å². The van der Waals surface area contributed by atoms with Crippen molar-refractivity contribution in [3.05, 3.63) is 88.5 Å². The van der Waals surface area contributed by atoms with E-state index in [-0.39, 0.29) is 11.8 Å². The van der Waals surface area contributed by atoms with E-state index < -0.39 is 0 Å². The van der Waals surface area contributed by atoms with E-state index in [0.717, 1.165) is 12.1 Å². The number of nitrogens with one attached hydrogen (secondary N) is 1. The molecule has 0 radical (unpaired) electrons. The summed E-state index contributed by atoms with van der Waals surface area (Å²) >= 11 is 1.71. The molecule has 5 heteroatoms. The second-order valence-electron chi connectivity index (χ2n) is 6.91. The van der Waals surface area contributed by atoms with Crippen LogP contribution in [0, 0.1) is 0 Å². The van der Waals surface area contributed by atoms with Crippen LogP contribution in [-0.4, -0.2) is 22.0 Å². The molecule has 0 aliphatic carbocycles. The predicted molar refractivity (Wildman–Crippen MR) is 115 cm³/mol. The number of carbonyl (C=O) groups is 1. The minimum Gasteiger partial charge on any atom is -0.356 e. The van der Waals surface area contributed by atoms with Crippen molar-refractivity contribution in [1.82, 2.24) is 14.9 Å². The number of nitrogens with zero attached hydrogens (tertiary/aromatic N) is 2. The van der Waals surface area contributed by atoms with Gasteiger partial charge in [0.1, 0.15) is 0 Å². The monoisotopic (exact) mass is 389 g/mol. The van der Waals surface area contributed by atoms with Crippen LogP contribution in [0.25, 0.3) is 10.9 Å². The number of aromatic nitrogens is 2. The van der Waals surface area contributed by atoms with Crippen LogP contribution in [0.4, 0.5) is 0 Å². The maximum absolute atomic E-state index is 12.7. The molecule has 0 spiro atoms. The molecule has 3 aromatic heterocycles. The molecule has 1 amide bonds. The Morgan fingerprint density at radius 2 is 2.00 bits per heavy atom. The first-order valence-corrected chi connectivity index (χ1v) is 10.3. The Bertz CT molecular complexity index is 1050. The highest BCUT2D eigenvalue weighted by Gasteiger charge is 2.22. The number of carbonyl (C=O) groups excluding carboxylic acids is 1. The maximum atomic E-state index is 12.7. The largest absolute Gasteiger partial charge is 0.356 e. The fraction of sp³-hybridized carbons (Fsp3) is 0.217. The van der Waals surface area contributed by atoms with E-state index in [1.165, 1.54) is 21.3 Å². The van der Waals surface area contributed by atoms with Crippen molar-refractivity contribution in [3.8, 4) is 0 Å². The zero-order valence-electron chi connectivity index (χ0n) is 15.8. The van der Waals surface area contributed by atoms with Crippen LogP contribution in [-0.2, 0) is 18.3 Å². The van der Waals surface area contributed by atoms with Gasteiger partial charge in [-0.15, -0.1) is 11.3 Å². The van der Waals surface area contributed by atoms with E-state index in [4.69, 9.17) is 0 Å². The fourth-order valence-corrected chi connectivity index (χ4v) is 4.48. The van der Waals surface area contributed by atoms with E-state index in [1.807, 2.05) is 18.2 Å². The molecule has 0 aliphatic heterocycles. The summed E-state index contributed by atoms with van der Waals surface area (Å²) in [5.41, 5.74) is 3.39. The van der Waals surface area contributed by atoms with Gasteiger partial charge in [0.2, 0.25) is 5.91 Å². The number of aryl methyl sites for hydroxylation is 1. The Hall–Kier alpha value is -2.92. The standard InChI is InChI=1S/C23H23N3OS/c1-26-16-20(18-8-2-3-9-21(18)26)19(22-10-6-14-28-22)15-23(27)25-13-11-17-7-4-5-12-24-17/h2-10,12,14,16,19H,11,13,15H2,1H3,(H,25,27). The molecule has 1 atom stereocenters. The van der Waals surface area contributed by atoms with Crippen molar-refractivity contribution in [2.45, 2.75) is 18.8 Å². The van der Waals surface area contributed by atoms with Crippen LogP contribution in [0.2, 0.25) is 0 Å². The maximum Gasteiger partial charge on any atom is 0.220 e. The molecule has 4 rings (SSSR count). The highest BCUT2D eigenvalue weighted by molar-refractivity contribution is 7.10. The number of hydrogen-bond acceptors (Lipinski definition) is 3. The fourth-order valence-electron chi connectivity index (χ4n) is 3.64. The van der Waals surface area contributed by atoms with Crippen LogP contribution in [0.3, 0.4) is 0 Å². The third-order valence-electron chi connectivity index (χ3n) is 5.01. The van der Waals surface area contributed by atoms with Crippen LogP contribution >= 0.6 is 11.3 Å². The van der Waals surface area contributed by atoms with Crippen LogP contribution in [0.1, 0.15) is 28.5 Å². The molecule has 142 valence electrons. The lowest BCUT2D eigenvalue weighted by Crippen LogP contribution is -2.27. The Morgan fingerprint density at radius 1 is 1.14 bits per heavy atom. The number of hydrogen-bond donors (Lipinski definition) is 1. The zero-order chi connectivity index (χ0) is 19.3. The Kier molecular flexibility index (Phi) is 5.53. The summed E-state index contributed by atoms with van der Waals surface area (Å²) in [6.45, 7) is 0.600. The van der Waals surface area contributed by atoms with Gasteiger partial charge >= 0.3 is 0 Å². The number of fused-ring (bicyclic) bond motifs is 1. The quantitative estimate of drug-likeness (QED) is 0.505. The second kappa shape index (κ2) is 8.40. The molecule has 1 aromatic carbocycles. The molecule has 0 bridgehead atoms. The van der Waals surface area contributed by atoms with E-state index in [2.05, 4.69) is 69.9 Å². The SMILES string of the molecule is Cn1cc(C(CC(=O)NCCc2ccccn2)c2cccs2)c2ccccc21. The number of rotatable bonds is 7. The summed E-state index contributed by atoms with van der Waals surface area (Å²) in [4.78, 5) is 18.2. The third-order valence-corrected chi connectivity index (χ3v) is 5.99. The minimum atomic E-state index is 0.0564. The highest BCUT2D eigenvalue weighted by atomic mass is 32.1. The topological polar surface area (TPSA) is 46.9 Å². The van der Waals surface area contributed by atoms with Gasteiger partial charge in [0.25, 0.3) is 0 Å². The van der Waals surface area contributed by atoms with Crippen LogP contribution in [0.15, 0.2) is 72.4 Å². The first-order valence-electron chi connectivity index (χ1n) is 9.46. The summed E-state index contributed by atoms with van der Waals surface area (Å²) < 4.78 is 2.14. The Labute approximate surface area is 168 Å². The van der Waals surface area contributed by atoms with E-state index in [0.29, 0.717) is 13.0 Å². The summed E-state index contributed by atoms with van der Waals surface area (Å²) in [5, 5.41) is 6.36. The van der Waals surface area contributed by atoms with Gasteiger partial charge in [-0.05, 0) is 35.2 Å². The lowest BCUT2D eigenvalue weighted by atomic mass is 9.93. The average molecular weight is 390 g/mol. The molecule has 4 nitrogen and oxygen atoms in total. The van der Waals surface area contributed by atoms with E-state index >= 15 is 0 Å². The van der Waals surface area contributed by atoms with Crippen molar-refractivity contribution in [2.24, 2.45) is 7.05 Å². The van der Waals surface area contributed by atoms with Crippen molar-refractivity contribution in [3.63, 3.8) is 0 Å². The van der Waals surface area contributed by atoms with Crippen molar-refractivity contribution in [2.75, 3.05) is 6.54 Å². The smallest absolute Gasteiger partial charge is 0.220 e. The molecule has 0 aliphatic rings. The molecular formula is C23H23N3OS. The molecule has 0 fully saturated rings. The van der Waals surface area contributed by atoms with Gasteiger partial charge in [-0.25, -0.2) is 0 Å². The summed E-state index contributed by atoms with van der Waals surface area (Å²) in [6, 6.07) is 18.4. The summed E-state index contributed by atoms with van der Waals surface area (Å²) in [5.74, 6) is 0.128. The molecule has 0 saturated heterocycles. The lowest BCUT2D eigenvalue weighted by Gasteiger charge is -2.15. The molecule has 1 unspecified atom stereocenters. The zero-order valence-corrected chi connectivity index (χ0v) is 16.7. The average Bonchev–Trinajstić information content (AvgIpc) is 3.36. The molecule has 28 heavy (non-hydrogen) atoms. The Balaban J connectivity index is 1.51. The van der Waals surface area contributed by atoms with Gasteiger partial charge in [-0.2, -0.15) is 0 Å². The summed E-state index contributed by atoms with van der Waals surface area (Å²) in [7, 11) is 2.06. The van der Waals surface area contributed by atoms with E-state index in [9.17, 15) is 4.79 Å². The first kappa shape index (κ1) is 18.4. The molecule has 4 aromatic rings. The summed E-state index contributed by atoms with van der Waals surface area (Å²) in [6.07, 6.45) is 5.13. The van der Waals surface area contributed by atoms with Gasteiger partial charge < -0.3 is 9.88 Å².